The van der Waals surface area contributed by atoms with Crippen LogP contribution in [-0.4, -0.2) is 16.0 Å². The summed E-state index contributed by atoms with van der Waals surface area (Å²) in [4.78, 5) is 21.5. The van der Waals surface area contributed by atoms with Gasteiger partial charge < -0.3 is 9.84 Å². The first kappa shape index (κ1) is 15.0. The number of carbonyl (C=O) groups is 1. The quantitative estimate of drug-likeness (QED) is 0.659. The molecule has 0 heterocycles. The number of carboxylic acid groups (broad SMARTS) is 1. The minimum atomic E-state index is -1.12. The molecule has 0 aliphatic carbocycles. The van der Waals surface area contributed by atoms with Crippen molar-refractivity contribution in [3.05, 3.63) is 62.1 Å². The first-order valence-electron chi connectivity index (χ1n) is 5.84. The van der Waals surface area contributed by atoms with Crippen molar-refractivity contribution in [3.8, 4) is 11.5 Å². The molecule has 0 saturated heterocycles. The van der Waals surface area contributed by atoms with Crippen molar-refractivity contribution in [2.75, 3.05) is 0 Å². The molecule has 0 saturated carbocycles. The van der Waals surface area contributed by atoms with Crippen LogP contribution in [0.1, 0.15) is 15.9 Å². The summed E-state index contributed by atoms with van der Waals surface area (Å²) in [6.07, 6.45) is 0. The number of ether oxygens (including phenoxy) is 1. The Morgan fingerprint density at radius 1 is 1.29 bits per heavy atom. The number of aryl methyl sites for hydroxylation is 1. The molecule has 0 unspecified atom stereocenters. The minimum absolute atomic E-state index is 0.000353. The van der Waals surface area contributed by atoms with Crippen LogP contribution in [0.15, 0.2) is 40.9 Å². The SMILES string of the molecule is Cc1cc(Oc2ccc(Br)cc2C(=O)O)ccc1[N+](=O)[O-]. The van der Waals surface area contributed by atoms with Gasteiger partial charge in [0.25, 0.3) is 5.69 Å². The fourth-order valence-electron chi connectivity index (χ4n) is 1.78. The maximum Gasteiger partial charge on any atom is 0.339 e. The fraction of sp³-hybridized carbons (Fsp3) is 0.0714. The third kappa shape index (κ3) is 3.38. The van der Waals surface area contributed by atoms with Crippen molar-refractivity contribution in [3.63, 3.8) is 0 Å². The number of nitro groups is 1. The number of carboxylic acids is 1. The Hall–Kier alpha value is -2.41. The van der Waals surface area contributed by atoms with Crippen molar-refractivity contribution >= 4 is 27.6 Å². The second kappa shape index (κ2) is 5.92. The number of benzene rings is 2. The molecule has 2 rings (SSSR count). The van der Waals surface area contributed by atoms with Crippen LogP contribution >= 0.6 is 15.9 Å². The monoisotopic (exact) mass is 351 g/mol. The lowest BCUT2D eigenvalue weighted by atomic mass is 10.2. The van der Waals surface area contributed by atoms with Crippen molar-refractivity contribution in [2.45, 2.75) is 6.92 Å². The summed E-state index contributed by atoms with van der Waals surface area (Å²) in [6, 6.07) is 8.84. The van der Waals surface area contributed by atoms with E-state index in [1.165, 1.54) is 30.3 Å². The molecule has 2 aromatic carbocycles. The van der Waals surface area contributed by atoms with Crippen LogP contribution in [0.4, 0.5) is 5.69 Å². The molecule has 0 radical (unpaired) electrons. The second-order valence-corrected chi connectivity index (χ2v) is 5.17. The van der Waals surface area contributed by atoms with E-state index in [9.17, 15) is 14.9 Å². The minimum Gasteiger partial charge on any atom is -0.478 e. The van der Waals surface area contributed by atoms with Crippen LogP contribution in [0, 0.1) is 17.0 Å². The van der Waals surface area contributed by atoms with Gasteiger partial charge in [-0.05, 0) is 37.3 Å². The molecule has 0 amide bonds. The molecule has 7 heteroatoms. The highest BCUT2D eigenvalue weighted by atomic mass is 79.9. The van der Waals surface area contributed by atoms with Gasteiger partial charge in [-0.3, -0.25) is 10.1 Å². The number of hydrogen-bond donors (Lipinski definition) is 1. The molecular formula is C14H10BrNO5. The maximum absolute atomic E-state index is 11.2. The fourth-order valence-corrected chi connectivity index (χ4v) is 2.14. The predicted molar refractivity (Wildman–Crippen MR) is 79.0 cm³/mol. The zero-order valence-electron chi connectivity index (χ0n) is 10.9. The molecule has 6 nitrogen and oxygen atoms in total. The van der Waals surface area contributed by atoms with Gasteiger partial charge >= 0.3 is 5.97 Å². The number of hydrogen-bond acceptors (Lipinski definition) is 4. The van der Waals surface area contributed by atoms with E-state index < -0.39 is 10.9 Å². The van der Waals surface area contributed by atoms with Crippen LogP contribution in [0.5, 0.6) is 11.5 Å². The van der Waals surface area contributed by atoms with Crippen molar-refractivity contribution in [1.82, 2.24) is 0 Å². The zero-order chi connectivity index (χ0) is 15.6. The Morgan fingerprint density at radius 3 is 2.57 bits per heavy atom. The maximum atomic E-state index is 11.2. The molecule has 0 spiro atoms. The van der Waals surface area contributed by atoms with E-state index in [1.807, 2.05) is 0 Å². The first-order valence-corrected chi connectivity index (χ1v) is 6.63. The van der Waals surface area contributed by atoms with Gasteiger partial charge in [-0.15, -0.1) is 0 Å². The second-order valence-electron chi connectivity index (χ2n) is 4.25. The number of halogens is 1. The summed E-state index contributed by atoms with van der Waals surface area (Å²) in [6.45, 7) is 1.59. The van der Waals surface area contributed by atoms with Crippen molar-refractivity contribution in [1.29, 1.82) is 0 Å². The van der Waals surface area contributed by atoms with Crippen molar-refractivity contribution in [2.24, 2.45) is 0 Å². The highest BCUT2D eigenvalue weighted by molar-refractivity contribution is 9.10. The molecular weight excluding hydrogens is 342 g/mol. The molecule has 0 bridgehead atoms. The summed E-state index contributed by atoms with van der Waals surface area (Å²) >= 11 is 3.19. The summed E-state index contributed by atoms with van der Waals surface area (Å²) in [5.74, 6) is -0.619. The number of rotatable bonds is 4. The van der Waals surface area contributed by atoms with E-state index in [2.05, 4.69) is 15.9 Å². The van der Waals surface area contributed by atoms with Gasteiger partial charge in [-0.2, -0.15) is 0 Å². The molecule has 0 atom stereocenters. The smallest absolute Gasteiger partial charge is 0.339 e. The van der Waals surface area contributed by atoms with Crippen LogP contribution in [0.25, 0.3) is 0 Å². The Labute approximate surface area is 128 Å². The summed E-state index contributed by atoms with van der Waals surface area (Å²) in [5, 5.41) is 19.9. The van der Waals surface area contributed by atoms with Crippen LogP contribution in [0.2, 0.25) is 0 Å². The van der Waals surface area contributed by atoms with Crippen LogP contribution in [-0.2, 0) is 0 Å². The van der Waals surface area contributed by atoms with E-state index in [1.54, 1.807) is 13.0 Å². The lowest BCUT2D eigenvalue weighted by molar-refractivity contribution is -0.385. The average molecular weight is 352 g/mol. The molecule has 21 heavy (non-hydrogen) atoms. The summed E-state index contributed by atoms with van der Waals surface area (Å²) in [5.41, 5.74) is 0.420. The standard InChI is InChI=1S/C14H10BrNO5/c1-8-6-10(3-4-12(8)16(19)20)21-13-5-2-9(15)7-11(13)14(17)18/h2-7H,1H3,(H,17,18). The van der Waals surface area contributed by atoms with Crippen LogP contribution < -0.4 is 4.74 Å². The third-order valence-corrected chi connectivity index (χ3v) is 3.26. The van der Waals surface area contributed by atoms with Gasteiger partial charge in [0.1, 0.15) is 17.1 Å². The molecule has 108 valence electrons. The summed E-state index contributed by atoms with van der Waals surface area (Å²) in [7, 11) is 0. The van der Waals surface area contributed by atoms with E-state index >= 15 is 0 Å². The van der Waals surface area contributed by atoms with Gasteiger partial charge in [-0.25, -0.2) is 4.79 Å². The Morgan fingerprint density at radius 2 is 2.00 bits per heavy atom. The first-order chi connectivity index (χ1) is 9.88. The Balaban J connectivity index is 2.37. The van der Waals surface area contributed by atoms with Crippen molar-refractivity contribution < 1.29 is 19.6 Å². The molecule has 0 aromatic heterocycles. The molecule has 1 N–H and O–H groups in total. The van der Waals surface area contributed by atoms with E-state index in [-0.39, 0.29) is 17.0 Å². The third-order valence-electron chi connectivity index (χ3n) is 2.76. The molecule has 0 fully saturated rings. The number of nitro benzene ring substituents is 1. The van der Waals surface area contributed by atoms with Gasteiger partial charge in [0.05, 0.1) is 4.92 Å². The highest BCUT2D eigenvalue weighted by Gasteiger charge is 2.15. The lowest BCUT2D eigenvalue weighted by Crippen LogP contribution is -2.00. The van der Waals surface area contributed by atoms with Gasteiger partial charge in [-0.1, -0.05) is 15.9 Å². The van der Waals surface area contributed by atoms with E-state index in [0.717, 1.165) is 0 Å². The number of aromatic carboxylic acids is 1. The number of nitrogens with zero attached hydrogens (tertiary/aromatic N) is 1. The van der Waals surface area contributed by atoms with E-state index in [0.29, 0.717) is 15.8 Å². The Kier molecular flexibility index (Phi) is 4.23. The van der Waals surface area contributed by atoms with Gasteiger partial charge in [0.15, 0.2) is 0 Å². The zero-order valence-corrected chi connectivity index (χ0v) is 12.5. The van der Waals surface area contributed by atoms with Gasteiger partial charge in [0.2, 0.25) is 0 Å². The summed E-state index contributed by atoms with van der Waals surface area (Å²) < 4.78 is 6.13. The van der Waals surface area contributed by atoms with Gasteiger partial charge in [0, 0.05) is 16.1 Å². The predicted octanol–water partition coefficient (Wildman–Crippen LogP) is 4.16. The normalized spacial score (nSPS) is 10.2. The topological polar surface area (TPSA) is 89.7 Å². The highest BCUT2D eigenvalue weighted by Crippen LogP contribution is 2.30. The lowest BCUT2D eigenvalue weighted by Gasteiger charge is -2.09. The molecule has 0 aliphatic heterocycles. The molecule has 0 aliphatic rings. The average Bonchev–Trinajstić information content (AvgIpc) is 2.40. The Bertz CT molecular complexity index is 729. The van der Waals surface area contributed by atoms with E-state index in [4.69, 9.17) is 9.84 Å². The largest absolute Gasteiger partial charge is 0.478 e. The molecule has 2 aromatic rings. The van der Waals surface area contributed by atoms with Crippen LogP contribution in [0.3, 0.4) is 0 Å².